The van der Waals surface area contributed by atoms with Crippen LogP contribution in [0.1, 0.15) is 31.9 Å². The molecule has 0 spiro atoms. The molecule has 31 heavy (non-hydrogen) atoms. The Bertz CT molecular complexity index is 805. The topological polar surface area (TPSA) is 59.9 Å². The Morgan fingerprint density at radius 1 is 1.06 bits per heavy atom. The predicted molar refractivity (Wildman–Crippen MR) is 139 cm³/mol. The highest BCUT2D eigenvalue weighted by molar-refractivity contribution is 14.0. The quantitative estimate of drug-likeness (QED) is 0.333. The molecule has 0 atom stereocenters. The van der Waals surface area contributed by atoms with Crippen LogP contribution in [0.3, 0.4) is 0 Å². The molecule has 0 bridgehead atoms. The molecule has 1 N–H and O–H groups in total. The first kappa shape index (κ1) is 25.3. The number of hydrogen-bond donors (Lipinski definition) is 1. The first-order valence-corrected chi connectivity index (χ1v) is 10.9. The molecule has 0 radical (unpaired) electrons. The maximum Gasteiger partial charge on any atom is 0.225 e. The van der Waals surface area contributed by atoms with Gasteiger partial charge in [-0.15, -0.1) is 24.0 Å². The standard InChI is InChI=1S/C23H35N7.HI/c1-5-24-22(29-13-15-30(16-14-29)23-25-11-8-12-26-23)27-17-20-9-6-7-10-21(20)18-28(4)19(2)3;/h6-12,19H,5,13-18H2,1-4H3,(H,24,27);1H. The summed E-state index contributed by atoms with van der Waals surface area (Å²) in [6.45, 7) is 12.7. The van der Waals surface area contributed by atoms with E-state index in [-0.39, 0.29) is 24.0 Å². The lowest BCUT2D eigenvalue weighted by atomic mass is 10.1. The number of aromatic nitrogens is 2. The second-order valence-corrected chi connectivity index (χ2v) is 7.97. The zero-order valence-corrected chi connectivity index (χ0v) is 21.5. The highest BCUT2D eigenvalue weighted by Crippen LogP contribution is 2.15. The van der Waals surface area contributed by atoms with Gasteiger partial charge >= 0.3 is 0 Å². The zero-order valence-electron chi connectivity index (χ0n) is 19.2. The van der Waals surface area contributed by atoms with Gasteiger partial charge in [0.05, 0.1) is 6.54 Å². The molecule has 1 aliphatic heterocycles. The van der Waals surface area contributed by atoms with Gasteiger partial charge < -0.3 is 15.1 Å². The Morgan fingerprint density at radius 3 is 2.32 bits per heavy atom. The number of anilines is 1. The summed E-state index contributed by atoms with van der Waals surface area (Å²) >= 11 is 0. The van der Waals surface area contributed by atoms with E-state index >= 15 is 0 Å². The number of benzene rings is 1. The first-order chi connectivity index (χ1) is 14.6. The molecule has 3 rings (SSSR count). The monoisotopic (exact) mass is 537 g/mol. The molecule has 1 fully saturated rings. The van der Waals surface area contributed by atoms with Crippen LogP contribution >= 0.6 is 24.0 Å². The minimum Gasteiger partial charge on any atom is -0.357 e. The highest BCUT2D eigenvalue weighted by Gasteiger charge is 2.21. The third-order valence-electron chi connectivity index (χ3n) is 5.57. The summed E-state index contributed by atoms with van der Waals surface area (Å²) in [6, 6.07) is 11.0. The SMILES string of the molecule is CCNC(=NCc1ccccc1CN(C)C(C)C)N1CCN(c2ncccn2)CC1.I. The van der Waals surface area contributed by atoms with E-state index in [1.807, 2.05) is 6.07 Å². The molecule has 170 valence electrons. The van der Waals surface area contributed by atoms with Gasteiger partial charge in [-0.3, -0.25) is 4.90 Å². The third-order valence-corrected chi connectivity index (χ3v) is 5.57. The van der Waals surface area contributed by atoms with Crippen molar-refractivity contribution in [1.29, 1.82) is 0 Å². The van der Waals surface area contributed by atoms with Crippen molar-refractivity contribution in [3.05, 3.63) is 53.9 Å². The molecule has 2 heterocycles. The van der Waals surface area contributed by atoms with E-state index in [9.17, 15) is 0 Å². The van der Waals surface area contributed by atoms with Crippen molar-refractivity contribution in [2.75, 3.05) is 44.7 Å². The summed E-state index contributed by atoms with van der Waals surface area (Å²) in [5.74, 6) is 1.79. The number of piperazine rings is 1. The van der Waals surface area contributed by atoms with E-state index in [1.54, 1.807) is 12.4 Å². The van der Waals surface area contributed by atoms with Crippen molar-refractivity contribution in [3.63, 3.8) is 0 Å². The number of aliphatic imine (C=N–C) groups is 1. The fraction of sp³-hybridized carbons (Fsp3) is 0.522. The average molecular weight is 537 g/mol. The molecule has 0 aliphatic carbocycles. The Balaban J connectivity index is 0.00000341. The Hall–Kier alpha value is -1.94. The molecule has 0 saturated carbocycles. The summed E-state index contributed by atoms with van der Waals surface area (Å²) in [4.78, 5) is 20.7. The van der Waals surface area contributed by atoms with Crippen molar-refractivity contribution in [1.82, 2.24) is 25.1 Å². The van der Waals surface area contributed by atoms with Crippen LogP contribution in [-0.2, 0) is 13.1 Å². The van der Waals surface area contributed by atoms with Gasteiger partial charge in [-0.25, -0.2) is 15.0 Å². The molecule has 0 unspecified atom stereocenters. The molecular weight excluding hydrogens is 501 g/mol. The Morgan fingerprint density at radius 2 is 1.71 bits per heavy atom. The smallest absolute Gasteiger partial charge is 0.225 e. The van der Waals surface area contributed by atoms with Crippen molar-refractivity contribution >= 4 is 35.9 Å². The first-order valence-electron chi connectivity index (χ1n) is 10.9. The molecule has 7 nitrogen and oxygen atoms in total. The van der Waals surface area contributed by atoms with Crippen LogP contribution in [0.2, 0.25) is 0 Å². The van der Waals surface area contributed by atoms with E-state index in [1.165, 1.54) is 11.1 Å². The second-order valence-electron chi connectivity index (χ2n) is 7.97. The van der Waals surface area contributed by atoms with E-state index in [0.29, 0.717) is 12.6 Å². The maximum atomic E-state index is 4.98. The van der Waals surface area contributed by atoms with Gasteiger partial charge in [-0.1, -0.05) is 24.3 Å². The molecule has 1 saturated heterocycles. The van der Waals surface area contributed by atoms with Gasteiger partial charge in [0.2, 0.25) is 5.95 Å². The highest BCUT2D eigenvalue weighted by atomic mass is 127. The van der Waals surface area contributed by atoms with Crippen LogP contribution in [-0.4, -0.2) is 71.5 Å². The number of halogens is 1. The summed E-state index contributed by atoms with van der Waals surface area (Å²) in [6.07, 6.45) is 3.60. The minimum atomic E-state index is 0. The van der Waals surface area contributed by atoms with Crippen LogP contribution in [0, 0.1) is 0 Å². The number of nitrogens with one attached hydrogen (secondary N) is 1. The molecule has 1 aromatic carbocycles. The lowest BCUT2D eigenvalue weighted by Gasteiger charge is -2.36. The van der Waals surface area contributed by atoms with Crippen LogP contribution in [0.5, 0.6) is 0 Å². The van der Waals surface area contributed by atoms with Gasteiger partial charge in [0.15, 0.2) is 5.96 Å². The largest absolute Gasteiger partial charge is 0.357 e. The average Bonchev–Trinajstić information content (AvgIpc) is 2.78. The number of nitrogens with zero attached hydrogens (tertiary/aromatic N) is 6. The Labute approximate surface area is 204 Å². The van der Waals surface area contributed by atoms with Crippen molar-refractivity contribution in [3.8, 4) is 0 Å². The zero-order chi connectivity index (χ0) is 21.3. The van der Waals surface area contributed by atoms with Crippen LogP contribution in [0.15, 0.2) is 47.7 Å². The van der Waals surface area contributed by atoms with Crippen molar-refractivity contribution in [2.24, 2.45) is 4.99 Å². The van der Waals surface area contributed by atoms with Gasteiger partial charge in [0, 0.05) is 57.7 Å². The summed E-state index contributed by atoms with van der Waals surface area (Å²) < 4.78 is 0. The predicted octanol–water partition coefficient (Wildman–Crippen LogP) is 3.22. The fourth-order valence-corrected chi connectivity index (χ4v) is 3.48. The number of guanidine groups is 1. The van der Waals surface area contributed by atoms with Crippen molar-refractivity contribution < 1.29 is 0 Å². The maximum absolute atomic E-state index is 4.98. The summed E-state index contributed by atoms with van der Waals surface area (Å²) in [5.41, 5.74) is 2.64. The third kappa shape index (κ3) is 7.31. The van der Waals surface area contributed by atoms with Gasteiger partial charge in [0.1, 0.15) is 0 Å². The normalized spacial score (nSPS) is 14.7. The van der Waals surface area contributed by atoms with E-state index < -0.39 is 0 Å². The molecule has 1 aromatic heterocycles. The number of hydrogen-bond acceptors (Lipinski definition) is 5. The van der Waals surface area contributed by atoms with E-state index in [0.717, 1.165) is 51.2 Å². The number of rotatable bonds is 7. The van der Waals surface area contributed by atoms with E-state index in [4.69, 9.17) is 4.99 Å². The second kappa shape index (κ2) is 12.8. The lowest BCUT2D eigenvalue weighted by molar-refractivity contribution is 0.265. The van der Waals surface area contributed by atoms with Crippen molar-refractivity contribution in [2.45, 2.75) is 39.9 Å². The summed E-state index contributed by atoms with van der Waals surface area (Å²) in [7, 11) is 2.17. The van der Waals surface area contributed by atoms with Crippen LogP contribution in [0.25, 0.3) is 0 Å². The van der Waals surface area contributed by atoms with E-state index in [2.05, 4.69) is 82.1 Å². The molecule has 1 aliphatic rings. The fourth-order valence-electron chi connectivity index (χ4n) is 3.48. The van der Waals surface area contributed by atoms with Crippen LogP contribution in [0.4, 0.5) is 5.95 Å². The summed E-state index contributed by atoms with van der Waals surface area (Å²) in [5, 5.41) is 3.47. The van der Waals surface area contributed by atoms with Gasteiger partial charge in [-0.2, -0.15) is 0 Å². The van der Waals surface area contributed by atoms with Gasteiger partial charge in [0.25, 0.3) is 0 Å². The molecule has 2 aromatic rings. The van der Waals surface area contributed by atoms with Gasteiger partial charge in [-0.05, 0) is 45.0 Å². The van der Waals surface area contributed by atoms with Crippen LogP contribution < -0.4 is 10.2 Å². The molecule has 8 heteroatoms. The molecule has 0 amide bonds. The minimum absolute atomic E-state index is 0. The Kier molecular flexibility index (Phi) is 10.5. The molecular formula is C23H36IN7. The lowest BCUT2D eigenvalue weighted by Crippen LogP contribution is -2.53.